The first kappa shape index (κ1) is 15.2. The molecule has 2 aromatic heterocycles. The van der Waals surface area contributed by atoms with Crippen molar-refractivity contribution < 1.29 is 13.2 Å². The molecular weight excluding hydrogens is 315 g/mol. The predicted molar refractivity (Wildman–Crippen MR) is 85.6 cm³/mol. The van der Waals surface area contributed by atoms with E-state index in [4.69, 9.17) is 0 Å². The van der Waals surface area contributed by atoms with Crippen molar-refractivity contribution in [2.24, 2.45) is 0 Å². The van der Waals surface area contributed by atoms with E-state index in [1.807, 2.05) is 12.4 Å². The smallest absolute Gasteiger partial charge is 0.309 e. The van der Waals surface area contributed by atoms with E-state index in [-0.39, 0.29) is 11.6 Å². The van der Waals surface area contributed by atoms with Crippen LogP contribution in [0.3, 0.4) is 0 Å². The fourth-order valence-corrected chi connectivity index (χ4v) is 3.31. The van der Waals surface area contributed by atoms with Gasteiger partial charge in [-0.3, -0.25) is 0 Å². The van der Waals surface area contributed by atoms with Gasteiger partial charge in [-0.2, -0.15) is 13.2 Å². The van der Waals surface area contributed by atoms with Gasteiger partial charge in [0.15, 0.2) is 0 Å². The van der Waals surface area contributed by atoms with Gasteiger partial charge >= 0.3 is 6.18 Å². The molecule has 4 rings (SSSR count). The number of hydrogen-bond donors (Lipinski definition) is 1. The maximum atomic E-state index is 13.3. The number of aromatic nitrogens is 2. The van der Waals surface area contributed by atoms with Gasteiger partial charge in [-0.15, -0.1) is 0 Å². The molecule has 1 atom stereocenters. The zero-order valence-electron chi connectivity index (χ0n) is 12.8. The summed E-state index contributed by atoms with van der Waals surface area (Å²) in [6.07, 6.45) is 1.41. The molecule has 0 bridgehead atoms. The molecule has 0 amide bonds. The maximum Gasteiger partial charge on any atom is 0.417 e. The highest BCUT2D eigenvalue weighted by Crippen LogP contribution is 2.38. The molecule has 24 heavy (non-hydrogen) atoms. The number of alkyl halides is 3. The van der Waals surface area contributed by atoms with Crippen molar-refractivity contribution in [3.63, 3.8) is 0 Å². The number of hydrogen-bond acceptors (Lipinski definition) is 2. The summed E-state index contributed by atoms with van der Waals surface area (Å²) in [4.78, 5) is 4.63. The van der Waals surface area contributed by atoms with Crippen LogP contribution >= 0.6 is 0 Å². The normalized spacial score (nSPS) is 18.4. The van der Waals surface area contributed by atoms with Crippen molar-refractivity contribution in [2.45, 2.75) is 25.1 Å². The number of fused-ring (bicyclic) bond motifs is 1. The molecule has 0 spiro atoms. The Bertz CT molecular complexity index is 877. The Morgan fingerprint density at radius 1 is 1.08 bits per heavy atom. The summed E-state index contributed by atoms with van der Waals surface area (Å²) < 4.78 is 41.8. The molecule has 3 nitrogen and oxygen atoms in total. The van der Waals surface area contributed by atoms with E-state index in [1.54, 1.807) is 22.6 Å². The van der Waals surface area contributed by atoms with Gasteiger partial charge in [0.2, 0.25) is 0 Å². The van der Waals surface area contributed by atoms with Gasteiger partial charge in [-0.05, 0) is 43.1 Å². The summed E-state index contributed by atoms with van der Waals surface area (Å²) in [7, 11) is 0. The first-order valence-electron chi connectivity index (χ1n) is 7.91. The standard InChI is InChI=1S/C18H16F3N3/c19-18(20,21)14-7-2-1-5-12(14)13-6-4-10-24-11-16(23-17(13)24)15-8-3-9-22-15/h1-2,4-7,10-11,15,22H,3,8-9H2/t15-/m0/s1. The minimum atomic E-state index is -4.40. The van der Waals surface area contributed by atoms with Crippen LogP contribution < -0.4 is 5.32 Å². The Morgan fingerprint density at radius 3 is 2.62 bits per heavy atom. The molecule has 124 valence electrons. The number of pyridine rings is 1. The van der Waals surface area contributed by atoms with Crippen LogP contribution in [0, 0.1) is 0 Å². The van der Waals surface area contributed by atoms with Crippen LogP contribution in [-0.2, 0) is 6.18 Å². The molecule has 0 radical (unpaired) electrons. The van der Waals surface area contributed by atoms with E-state index < -0.39 is 11.7 Å². The lowest BCUT2D eigenvalue weighted by Crippen LogP contribution is -2.12. The van der Waals surface area contributed by atoms with E-state index >= 15 is 0 Å². The second-order valence-electron chi connectivity index (χ2n) is 6.01. The average Bonchev–Trinajstić information content (AvgIpc) is 3.22. The lowest BCUT2D eigenvalue weighted by molar-refractivity contribution is -0.137. The average molecular weight is 331 g/mol. The van der Waals surface area contributed by atoms with Gasteiger partial charge in [0.05, 0.1) is 17.3 Å². The van der Waals surface area contributed by atoms with Crippen molar-refractivity contribution in [3.05, 3.63) is 60.0 Å². The molecule has 1 aliphatic rings. The monoisotopic (exact) mass is 331 g/mol. The molecule has 1 N–H and O–H groups in total. The minimum Gasteiger partial charge on any atom is -0.309 e. The zero-order valence-corrected chi connectivity index (χ0v) is 12.8. The lowest BCUT2D eigenvalue weighted by Gasteiger charge is -2.13. The van der Waals surface area contributed by atoms with Crippen molar-refractivity contribution in [1.29, 1.82) is 0 Å². The van der Waals surface area contributed by atoms with Gasteiger partial charge in [0.1, 0.15) is 5.65 Å². The van der Waals surface area contributed by atoms with Crippen molar-refractivity contribution >= 4 is 5.65 Å². The topological polar surface area (TPSA) is 29.3 Å². The summed E-state index contributed by atoms with van der Waals surface area (Å²) in [6, 6.07) is 9.27. The highest BCUT2D eigenvalue weighted by Gasteiger charge is 2.34. The van der Waals surface area contributed by atoms with Crippen molar-refractivity contribution in [2.75, 3.05) is 6.54 Å². The largest absolute Gasteiger partial charge is 0.417 e. The maximum absolute atomic E-state index is 13.3. The molecule has 0 aliphatic carbocycles. The van der Waals surface area contributed by atoms with Crippen LogP contribution in [0.1, 0.15) is 30.1 Å². The third-order valence-corrected chi connectivity index (χ3v) is 4.44. The van der Waals surface area contributed by atoms with Crippen LogP contribution in [-0.4, -0.2) is 15.9 Å². The fourth-order valence-electron chi connectivity index (χ4n) is 3.31. The SMILES string of the molecule is FC(F)(F)c1ccccc1-c1cccn2cc([C@@H]3CCCN3)nc12. The highest BCUT2D eigenvalue weighted by atomic mass is 19.4. The van der Waals surface area contributed by atoms with E-state index in [0.717, 1.165) is 31.1 Å². The van der Waals surface area contributed by atoms with Gasteiger partial charge in [0, 0.05) is 18.0 Å². The lowest BCUT2D eigenvalue weighted by atomic mass is 10.0. The number of benzene rings is 1. The number of nitrogens with zero attached hydrogens (tertiary/aromatic N) is 2. The van der Waals surface area contributed by atoms with Crippen LogP contribution in [0.5, 0.6) is 0 Å². The van der Waals surface area contributed by atoms with E-state index in [0.29, 0.717) is 11.2 Å². The van der Waals surface area contributed by atoms with Crippen LogP contribution in [0.25, 0.3) is 16.8 Å². The molecule has 3 heterocycles. The number of halogens is 3. The third kappa shape index (κ3) is 2.57. The Morgan fingerprint density at radius 2 is 1.88 bits per heavy atom. The predicted octanol–water partition coefficient (Wildman–Crippen LogP) is 4.44. The summed E-state index contributed by atoms with van der Waals surface area (Å²) in [6.45, 7) is 0.947. The summed E-state index contributed by atoms with van der Waals surface area (Å²) >= 11 is 0. The first-order chi connectivity index (χ1) is 11.5. The number of nitrogens with one attached hydrogen (secondary N) is 1. The zero-order chi connectivity index (χ0) is 16.7. The summed E-state index contributed by atoms with van der Waals surface area (Å²) in [5.41, 5.74) is 1.45. The van der Waals surface area contributed by atoms with Gasteiger partial charge < -0.3 is 9.72 Å². The van der Waals surface area contributed by atoms with Crippen LogP contribution in [0.4, 0.5) is 13.2 Å². The summed E-state index contributed by atoms with van der Waals surface area (Å²) in [5.74, 6) is 0. The van der Waals surface area contributed by atoms with Gasteiger partial charge in [-0.1, -0.05) is 18.2 Å². The van der Waals surface area contributed by atoms with Gasteiger partial charge in [0.25, 0.3) is 0 Å². The Labute approximate surface area is 137 Å². The minimum absolute atomic E-state index is 0.159. The van der Waals surface area contributed by atoms with Crippen molar-refractivity contribution in [3.8, 4) is 11.1 Å². The highest BCUT2D eigenvalue weighted by molar-refractivity contribution is 5.80. The Hall–Kier alpha value is -2.34. The quantitative estimate of drug-likeness (QED) is 0.752. The second kappa shape index (κ2) is 5.63. The molecular formula is C18H16F3N3. The molecule has 0 unspecified atom stereocenters. The number of imidazole rings is 1. The Kier molecular flexibility index (Phi) is 3.57. The molecule has 0 saturated carbocycles. The molecule has 1 saturated heterocycles. The van der Waals surface area contributed by atoms with Crippen LogP contribution in [0.2, 0.25) is 0 Å². The van der Waals surface area contributed by atoms with Gasteiger partial charge in [-0.25, -0.2) is 4.98 Å². The van der Waals surface area contributed by atoms with E-state index in [9.17, 15) is 13.2 Å². The Balaban J connectivity index is 1.89. The molecule has 6 heteroatoms. The fraction of sp³-hybridized carbons (Fsp3) is 0.278. The van der Waals surface area contributed by atoms with Crippen molar-refractivity contribution in [1.82, 2.24) is 14.7 Å². The second-order valence-corrected chi connectivity index (χ2v) is 6.01. The third-order valence-electron chi connectivity index (χ3n) is 4.44. The molecule has 1 aromatic carbocycles. The van der Waals surface area contributed by atoms with E-state index in [1.165, 1.54) is 12.1 Å². The summed E-state index contributed by atoms with van der Waals surface area (Å²) in [5, 5.41) is 3.37. The molecule has 1 aliphatic heterocycles. The van der Waals surface area contributed by atoms with Crippen LogP contribution in [0.15, 0.2) is 48.8 Å². The number of rotatable bonds is 2. The molecule has 1 fully saturated rings. The first-order valence-corrected chi connectivity index (χ1v) is 7.91. The van der Waals surface area contributed by atoms with E-state index in [2.05, 4.69) is 10.3 Å². The molecule has 3 aromatic rings.